The van der Waals surface area contributed by atoms with E-state index in [9.17, 15) is 26.4 Å². The van der Waals surface area contributed by atoms with Gasteiger partial charge in [-0.25, -0.2) is 13.4 Å². The Morgan fingerprint density at radius 2 is 1.90 bits per heavy atom. The fraction of sp³-hybridized carbons (Fsp3) is 0.158. The van der Waals surface area contributed by atoms with Crippen molar-refractivity contribution in [2.75, 3.05) is 22.8 Å². The van der Waals surface area contributed by atoms with Gasteiger partial charge in [0, 0.05) is 5.69 Å². The third-order valence-electron chi connectivity index (χ3n) is 4.55. The van der Waals surface area contributed by atoms with Gasteiger partial charge in [0.25, 0.3) is 15.9 Å². The van der Waals surface area contributed by atoms with Crippen LogP contribution >= 0.6 is 0 Å². The number of aromatic nitrogens is 2. The molecule has 2 aromatic carbocycles. The summed E-state index contributed by atoms with van der Waals surface area (Å²) in [6.45, 7) is -0.106. The van der Waals surface area contributed by atoms with E-state index in [0.717, 1.165) is 28.6 Å². The molecule has 162 valence electrons. The molecule has 2 heterocycles. The maximum Gasteiger partial charge on any atom is 0.416 e. The van der Waals surface area contributed by atoms with E-state index in [4.69, 9.17) is 4.74 Å². The Morgan fingerprint density at radius 3 is 2.55 bits per heavy atom. The van der Waals surface area contributed by atoms with Crippen molar-refractivity contribution >= 4 is 27.3 Å². The Bertz CT molecular complexity index is 1210. The summed E-state index contributed by atoms with van der Waals surface area (Å²) in [7, 11) is -4.18. The Labute approximate surface area is 174 Å². The highest BCUT2D eigenvalue weighted by Crippen LogP contribution is 2.36. The average molecular weight is 452 g/mol. The molecule has 2 N–H and O–H groups in total. The third-order valence-corrected chi connectivity index (χ3v) is 6.40. The number of nitrogens with one attached hydrogen (secondary N) is 2. The van der Waals surface area contributed by atoms with Crippen molar-refractivity contribution in [3.8, 4) is 5.75 Å². The molecule has 0 saturated carbocycles. The molecule has 0 spiro atoms. The van der Waals surface area contributed by atoms with Crippen molar-refractivity contribution in [3.63, 3.8) is 0 Å². The van der Waals surface area contributed by atoms with Gasteiger partial charge in [0.2, 0.25) is 0 Å². The first-order valence-electron chi connectivity index (χ1n) is 8.93. The molecule has 0 fully saturated rings. The predicted molar refractivity (Wildman–Crippen MR) is 104 cm³/mol. The zero-order valence-corrected chi connectivity index (χ0v) is 16.5. The number of sulfonamides is 1. The van der Waals surface area contributed by atoms with Gasteiger partial charge in [0.05, 0.1) is 30.3 Å². The van der Waals surface area contributed by atoms with Gasteiger partial charge in [-0.2, -0.15) is 13.2 Å². The summed E-state index contributed by atoms with van der Waals surface area (Å²) in [5, 5.41) is 2.56. The number of amides is 1. The van der Waals surface area contributed by atoms with E-state index in [1.165, 1.54) is 30.7 Å². The van der Waals surface area contributed by atoms with Gasteiger partial charge in [-0.1, -0.05) is 0 Å². The molecule has 0 saturated heterocycles. The second kappa shape index (κ2) is 7.61. The van der Waals surface area contributed by atoms with E-state index in [1.54, 1.807) is 0 Å². The number of H-pyrrole nitrogens is 1. The van der Waals surface area contributed by atoms with Gasteiger partial charge < -0.3 is 15.0 Å². The summed E-state index contributed by atoms with van der Waals surface area (Å²) in [5.41, 5.74) is -0.444. The monoisotopic (exact) mass is 452 g/mol. The van der Waals surface area contributed by atoms with E-state index < -0.39 is 27.7 Å². The van der Waals surface area contributed by atoms with Crippen LogP contribution in [0.15, 0.2) is 59.9 Å². The summed E-state index contributed by atoms with van der Waals surface area (Å²) in [6, 6.07) is 7.95. The molecular weight excluding hydrogens is 437 g/mol. The van der Waals surface area contributed by atoms with Crippen molar-refractivity contribution in [3.05, 3.63) is 66.2 Å². The lowest BCUT2D eigenvalue weighted by Crippen LogP contribution is -2.32. The van der Waals surface area contributed by atoms with Crippen molar-refractivity contribution < 1.29 is 31.1 Å². The average Bonchev–Trinajstić information content (AvgIpc) is 3.22. The number of fused-ring (bicyclic) bond motifs is 1. The van der Waals surface area contributed by atoms with E-state index in [-0.39, 0.29) is 40.9 Å². The van der Waals surface area contributed by atoms with Crippen molar-refractivity contribution in [2.24, 2.45) is 0 Å². The highest BCUT2D eigenvalue weighted by Gasteiger charge is 2.33. The summed E-state index contributed by atoms with van der Waals surface area (Å²) < 4.78 is 71.5. The van der Waals surface area contributed by atoms with Crippen molar-refractivity contribution in [2.45, 2.75) is 11.1 Å². The van der Waals surface area contributed by atoms with Gasteiger partial charge >= 0.3 is 6.18 Å². The molecule has 1 aromatic heterocycles. The van der Waals surface area contributed by atoms with Crippen LogP contribution in [-0.2, 0) is 16.2 Å². The topological polar surface area (TPSA) is 104 Å². The number of ether oxygens (including phenoxy) is 1. The zero-order valence-electron chi connectivity index (χ0n) is 15.7. The molecule has 4 rings (SSSR count). The molecule has 0 aliphatic carbocycles. The fourth-order valence-corrected chi connectivity index (χ4v) is 4.66. The van der Waals surface area contributed by atoms with Gasteiger partial charge in [0.1, 0.15) is 22.9 Å². The number of rotatable bonds is 3. The van der Waals surface area contributed by atoms with E-state index in [2.05, 4.69) is 15.3 Å². The SMILES string of the molecule is O=C(Nc1ccc2c(c1)S(=O)(=O)N(c1ccc(C(F)(F)F)cc1)CCO2)c1cnc[nH]1. The first-order chi connectivity index (χ1) is 14.7. The number of alkyl halides is 3. The standard InChI is InChI=1S/C19H15F3N4O4S/c20-19(21,22)12-1-4-14(5-2-12)26-7-8-30-16-6-3-13(9-17(16)31(26,28)29)25-18(27)15-10-23-11-24-15/h1-6,9-11H,7-8H2,(H,23,24)(H,25,27). The normalized spacial score (nSPS) is 15.5. The van der Waals surface area contributed by atoms with Crippen LogP contribution in [0, 0.1) is 0 Å². The molecule has 0 radical (unpaired) electrons. The number of carbonyl (C=O) groups is 1. The molecule has 1 aliphatic heterocycles. The van der Waals surface area contributed by atoms with Gasteiger partial charge in [-0.3, -0.25) is 9.10 Å². The third kappa shape index (κ3) is 4.06. The summed E-state index contributed by atoms with van der Waals surface area (Å²) >= 11 is 0. The first kappa shape index (κ1) is 20.7. The summed E-state index contributed by atoms with van der Waals surface area (Å²) in [4.78, 5) is 18.4. The minimum absolute atomic E-state index is 0.00684. The second-order valence-electron chi connectivity index (χ2n) is 6.55. The van der Waals surface area contributed by atoms with Gasteiger partial charge in [-0.05, 0) is 42.5 Å². The second-order valence-corrected chi connectivity index (χ2v) is 8.38. The molecule has 12 heteroatoms. The highest BCUT2D eigenvalue weighted by molar-refractivity contribution is 7.93. The van der Waals surface area contributed by atoms with Crippen molar-refractivity contribution in [1.82, 2.24) is 9.97 Å². The lowest BCUT2D eigenvalue weighted by molar-refractivity contribution is -0.137. The number of hydrogen-bond donors (Lipinski definition) is 2. The lowest BCUT2D eigenvalue weighted by Gasteiger charge is -2.22. The minimum atomic E-state index is -4.53. The lowest BCUT2D eigenvalue weighted by atomic mass is 10.2. The smallest absolute Gasteiger partial charge is 0.416 e. The number of halogens is 3. The Kier molecular flexibility index (Phi) is 5.09. The molecule has 0 atom stereocenters. The van der Waals surface area contributed by atoms with Crippen LogP contribution in [-0.4, -0.2) is 37.4 Å². The molecule has 0 unspecified atom stereocenters. The molecule has 0 bridgehead atoms. The molecule has 8 nitrogen and oxygen atoms in total. The molecule has 31 heavy (non-hydrogen) atoms. The van der Waals surface area contributed by atoms with Crippen LogP contribution < -0.4 is 14.4 Å². The molecular formula is C19H15F3N4O4S. The Hall–Kier alpha value is -3.54. The Balaban J connectivity index is 1.67. The summed E-state index contributed by atoms with van der Waals surface area (Å²) in [5.74, 6) is -0.446. The van der Waals surface area contributed by atoms with Crippen LogP contribution in [0.4, 0.5) is 24.5 Å². The number of hydrogen-bond acceptors (Lipinski definition) is 5. The van der Waals surface area contributed by atoms with Crippen LogP contribution in [0.1, 0.15) is 16.1 Å². The van der Waals surface area contributed by atoms with Crippen LogP contribution in [0.25, 0.3) is 0 Å². The number of anilines is 2. The maximum atomic E-state index is 13.3. The maximum absolute atomic E-state index is 13.3. The summed E-state index contributed by atoms with van der Waals surface area (Å²) in [6.07, 6.45) is -1.90. The van der Waals surface area contributed by atoms with E-state index >= 15 is 0 Å². The first-order valence-corrected chi connectivity index (χ1v) is 10.4. The number of nitrogens with zero attached hydrogens (tertiary/aromatic N) is 2. The van der Waals surface area contributed by atoms with Crippen LogP contribution in [0.5, 0.6) is 5.75 Å². The molecule has 3 aromatic rings. The van der Waals surface area contributed by atoms with E-state index in [1.807, 2.05) is 0 Å². The van der Waals surface area contributed by atoms with Gasteiger partial charge in [-0.15, -0.1) is 0 Å². The van der Waals surface area contributed by atoms with E-state index in [0.29, 0.717) is 0 Å². The largest absolute Gasteiger partial charge is 0.490 e. The number of benzene rings is 2. The van der Waals surface area contributed by atoms with Gasteiger partial charge in [0.15, 0.2) is 0 Å². The van der Waals surface area contributed by atoms with Crippen LogP contribution in [0.3, 0.4) is 0 Å². The minimum Gasteiger partial charge on any atom is -0.490 e. The van der Waals surface area contributed by atoms with Crippen LogP contribution in [0.2, 0.25) is 0 Å². The predicted octanol–water partition coefficient (Wildman–Crippen LogP) is 3.27. The van der Waals surface area contributed by atoms with Crippen molar-refractivity contribution in [1.29, 1.82) is 0 Å². The number of imidazole rings is 1. The highest BCUT2D eigenvalue weighted by atomic mass is 32.2. The Morgan fingerprint density at radius 1 is 1.16 bits per heavy atom. The molecule has 1 aliphatic rings. The fourth-order valence-electron chi connectivity index (χ4n) is 3.05. The number of aromatic amines is 1. The zero-order chi connectivity index (χ0) is 22.2. The number of carbonyl (C=O) groups excluding carboxylic acids is 1. The molecule has 1 amide bonds. The quantitative estimate of drug-likeness (QED) is 0.635.